The summed E-state index contributed by atoms with van der Waals surface area (Å²) in [5, 5.41) is 4.62. The van der Waals surface area contributed by atoms with Crippen LogP contribution in [0.2, 0.25) is 10.0 Å². The van der Waals surface area contributed by atoms with Crippen molar-refractivity contribution in [2.75, 3.05) is 5.32 Å². The largest absolute Gasteiger partial charge is 0.381 e. The van der Waals surface area contributed by atoms with Crippen molar-refractivity contribution in [3.63, 3.8) is 0 Å². The monoisotopic (exact) mass is 215 g/mol. The lowest BCUT2D eigenvalue weighted by atomic mass is 9.93. The fourth-order valence-electron chi connectivity index (χ4n) is 1.39. The second kappa shape index (κ2) is 3.77. The van der Waals surface area contributed by atoms with Gasteiger partial charge in [0, 0.05) is 6.04 Å². The van der Waals surface area contributed by atoms with Crippen LogP contribution in [0.25, 0.3) is 0 Å². The first-order chi connectivity index (χ1) is 6.27. The third kappa shape index (κ3) is 1.92. The maximum absolute atomic E-state index is 6.02. The number of halogens is 2. The zero-order chi connectivity index (χ0) is 9.26. The van der Waals surface area contributed by atoms with E-state index >= 15 is 0 Å². The minimum Gasteiger partial charge on any atom is -0.381 e. The molecule has 0 radical (unpaired) electrons. The number of hydrogen-bond donors (Lipinski definition) is 1. The third-order valence-electron chi connectivity index (χ3n) is 2.42. The second-order valence-corrected chi connectivity index (χ2v) is 4.16. The van der Waals surface area contributed by atoms with Crippen LogP contribution in [0.5, 0.6) is 0 Å². The van der Waals surface area contributed by atoms with Crippen molar-refractivity contribution in [3.8, 4) is 0 Å². The van der Waals surface area contributed by atoms with Crippen LogP contribution in [0.15, 0.2) is 18.2 Å². The van der Waals surface area contributed by atoms with Crippen LogP contribution in [0, 0.1) is 0 Å². The predicted octanol–water partition coefficient (Wildman–Crippen LogP) is 3.96. The molecule has 0 aliphatic heterocycles. The van der Waals surface area contributed by atoms with Gasteiger partial charge in [0.1, 0.15) is 0 Å². The van der Waals surface area contributed by atoms with Gasteiger partial charge < -0.3 is 5.32 Å². The van der Waals surface area contributed by atoms with Gasteiger partial charge in [0.25, 0.3) is 0 Å². The number of hydrogen-bond acceptors (Lipinski definition) is 1. The summed E-state index contributed by atoms with van der Waals surface area (Å²) in [6.07, 6.45) is 3.79. The summed E-state index contributed by atoms with van der Waals surface area (Å²) in [7, 11) is 0. The highest BCUT2D eigenvalue weighted by Crippen LogP contribution is 2.32. The van der Waals surface area contributed by atoms with E-state index < -0.39 is 0 Å². The normalized spacial score (nSPS) is 16.8. The molecule has 1 aromatic rings. The SMILES string of the molecule is Clc1cccc(NC2CCC2)c1Cl. The van der Waals surface area contributed by atoms with E-state index in [2.05, 4.69) is 5.32 Å². The standard InChI is InChI=1S/C10H11Cl2N/c11-8-5-2-6-9(10(8)12)13-7-3-1-4-7/h2,5-7,13H,1,3-4H2. The summed E-state index contributed by atoms with van der Waals surface area (Å²) in [6.45, 7) is 0. The van der Waals surface area contributed by atoms with Gasteiger partial charge in [0.15, 0.2) is 0 Å². The summed E-state index contributed by atoms with van der Waals surface area (Å²) < 4.78 is 0. The van der Waals surface area contributed by atoms with E-state index in [-0.39, 0.29) is 0 Å². The first-order valence-corrected chi connectivity index (χ1v) is 5.23. The third-order valence-corrected chi connectivity index (χ3v) is 3.24. The molecule has 0 aromatic heterocycles. The Kier molecular flexibility index (Phi) is 2.66. The molecule has 0 atom stereocenters. The van der Waals surface area contributed by atoms with Crippen molar-refractivity contribution >= 4 is 28.9 Å². The van der Waals surface area contributed by atoms with Crippen molar-refractivity contribution in [3.05, 3.63) is 28.2 Å². The zero-order valence-corrected chi connectivity index (χ0v) is 8.70. The lowest BCUT2D eigenvalue weighted by Gasteiger charge is -2.28. The Morgan fingerprint density at radius 2 is 2.00 bits per heavy atom. The maximum Gasteiger partial charge on any atom is 0.0823 e. The van der Waals surface area contributed by atoms with E-state index in [9.17, 15) is 0 Å². The van der Waals surface area contributed by atoms with Gasteiger partial charge in [-0.05, 0) is 31.4 Å². The Hall–Kier alpha value is -0.400. The van der Waals surface area contributed by atoms with Crippen LogP contribution in [-0.2, 0) is 0 Å². The van der Waals surface area contributed by atoms with Gasteiger partial charge in [-0.2, -0.15) is 0 Å². The Balaban J connectivity index is 2.14. The van der Waals surface area contributed by atoms with Crippen LogP contribution >= 0.6 is 23.2 Å². The Morgan fingerprint density at radius 3 is 2.62 bits per heavy atom. The minimum absolute atomic E-state index is 0.593. The van der Waals surface area contributed by atoms with Gasteiger partial charge in [0.05, 0.1) is 15.7 Å². The molecule has 13 heavy (non-hydrogen) atoms. The predicted molar refractivity (Wildman–Crippen MR) is 57.7 cm³/mol. The van der Waals surface area contributed by atoms with E-state index in [1.165, 1.54) is 19.3 Å². The highest BCUT2D eigenvalue weighted by Gasteiger charge is 2.18. The molecule has 1 saturated carbocycles. The van der Waals surface area contributed by atoms with Crippen LogP contribution in [0.4, 0.5) is 5.69 Å². The van der Waals surface area contributed by atoms with Gasteiger partial charge in [0.2, 0.25) is 0 Å². The second-order valence-electron chi connectivity index (χ2n) is 3.37. The molecule has 1 aliphatic carbocycles. The van der Waals surface area contributed by atoms with Crippen LogP contribution in [0.3, 0.4) is 0 Å². The van der Waals surface area contributed by atoms with E-state index in [4.69, 9.17) is 23.2 Å². The lowest BCUT2D eigenvalue weighted by Crippen LogP contribution is -2.27. The van der Waals surface area contributed by atoms with Gasteiger partial charge in [-0.25, -0.2) is 0 Å². The van der Waals surface area contributed by atoms with Crippen molar-refractivity contribution < 1.29 is 0 Å². The topological polar surface area (TPSA) is 12.0 Å². The molecular formula is C10H11Cl2N. The smallest absolute Gasteiger partial charge is 0.0823 e. The summed E-state index contributed by atoms with van der Waals surface area (Å²) in [6, 6.07) is 6.27. The zero-order valence-electron chi connectivity index (χ0n) is 7.19. The van der Waals surface area contributed by atoms with Gasteiger partial charge in [-0.3, -0.25) is 0 Å². The molecule has 2 rings (SSSR count). The Labute approximate surface area is 88.0 Å². The molecule has 3 heteroatoms. The van der Waals surface area contributed by atoms with Crippen LogP contribution in [-0.4, -0.2) is 6.04 Å². The van der Waals surface area contributed by atoms with Crippen molar-refractivity contribution in [1.29, 1.82) is 0 Å². The molecular weight excluding hydrogens is 205 g/mol. The van der Waals surface area contributed by atoms with Crippen LogP contribution < -0.4 is 5.32 Å². The molecule has 0 spiro atoms. The molecule has 1 fully saturated rings. The van der Waals surface area contributed by atoms with E-state index in [1.54, 1.807) is 6.07 Å². The number of nitrogens with one attached hydrogen (secondary N) is 1. The lowest BCUT2D eigenvalue weighted by molar-refractivity contribution is 0.445. The van der Waals surface area contributed by atoms with Gasteiger partial charge in [-0.1, -0.05) is 29.3 Å². The Bertz CT molecular complexity index is 308. The molecule has 0 unspecified atom stereocenters. The number of anilines is 1. The van der Waals surface area contributed by atoms with Crippen molar-refractivity contribution in [1.82, 2.24) is 0 Å². The average molecular weight is 216 g/mol. The van der Waals surface area contributed by atoms with E-state index in [0.717, 1.165) is 5.69 Å². The summed E-state index contributed by atoms with van der Waals surface area (Å²) in [4.78, 5) is 0. The van der Waals surface area contributed by atoms with E-state index in [1.807, 2.05) is 12.1 Å². The summed E-state index contributed by atoms with van der Waals surface area (Å²) >= 11 is 11.9. The van der Waals surface area contributed by atoms with Crippen LogP contribution in [0.1, 0.15) is 19.3 Å². The molecule has 1 aromatic carbocycles. The molecule has 0 bridgehead atoms. The minimum atomic E-state index is 0.593. The summed E-state index contributed by atoms with van der Waals surface area (Å²) in [5.41, 5.74) is 0.957. The summed E-state index contributed by atoms with van der Waals surface area (Å²) in [5.74, 6) is 0. The van der Waals surface area contributed by atoms with Gasteiger partial charge in [-0.15, -0.1) is 0 Å². The fourth-order valence-corrected chi connectivity index (χ4v) is 1.74. The fraction of sp³-hybridized carbons (Fsp3) is 0.400. The Morgan fingerprint density at radius 1 is 1.23 bits per heavy atom. The van der Waals surface area contributed by atoms with Crippen molar-refractivity contribution in [2.45, 2.75) is 25.3 Å². The quantitative estimate of drug-likeness (QED) is 0.788. The first kappa shape index (κ1) is 9.17. The molecule has 0 heterocycles. The molecule has 1 nitrogen and oxygen atoms in total. The highest BCUT2D eigenvalue weighted by atomic mass is 35.5. The first-order valence-electron chi connectivity index (χ1n) is 4.48. The average Bonchev–Trinajstić information content (AvgIpc) is 2.04. The van der Waals surface area contributed by atoms with Crippen molar-refractivity contribution in [2.24, 2.45) is 0 Å². The molecule has 0 saturated heterocycles. The number of benzene rings is 1. The van der Waals surface area contributed by atoms with E-state index in [0.29, 0.717) is 16.1 Å². The maximum atomic E-state index is 6.02. The van der Waals surface area contributed by atoms with Gasteiger partial charge >= 0.3 is 0 Å². The molecule has 0 amide bonds. The highest BCUT2D eigenvalue weighted by molar-refractivity contribution is 6.43. The molecule has 1 N–H and O–H groups in total. The molecule has 1 aliphatic rings. The molecule has 70 valence electrons. The number of rotatable bonds is 2.